The minimum absolute atomic E-state index is 0.365. The predicted molar refractivity (Wildman–Crippen MR) is 92.7 cm³/mol. The van der Waals surface area contributed by atoms with E-state index in [0.717, 1.165) is 18.3 Å². The quantitative estimate of drug-likeness (QED) is 0.592. The van der Waals surface area contributed by atoms with Gasteiger partial charge in [0.2, 0.25) is 0 Å². The van der Waals surface area contributed by atoms with E-state index < -0.39 is 11.2 Å². The van der Waals surface area contributed by atoms with E-state index in [2.05, 4.69) is 0 Å². The van der Waals surface area contributed by atoms with Crippen LogP contribution in [0.3, 0.4) is 0 Å². The zero-order chi connectivity index (χ0) is 18.1. The summed E-state index contributed by atoms with van der Waals surface area (Å²) in [6, 6.07) is 7.59. The monoisotopic (exact) mass is 322 g/mol. The van der Waals surface area contributed by atoms with E-state index in [1.807, 2.05) is 58.9 Å². The van der Waals surface area contributed by atoms with Crippen LogP contribution in [0.25, 0.3) is 0 Å². The van der Waals surface area contributed by atoms with Crippen LogP contribution in [0.2, 0.25) is 0 Å². The summed E-state index contributed by atoms with van der Waals surface area (Å²) in [4.78, 5) is 21.4. The summed E-state index contributed by atoms with van der Waals surface area (Å²) in [6.07, 6.45) is 2.61. The van der Waals surface area contributed by atoms with Crippen molar-refractivity contribution in [1.29, 1.82) is 0 Å². The van der Waals surface area contributed by atoms with Crippen LogP contribution in [0.5, 0.6) is 5.75 Å². The van der Waals surface area contributed by atoms with E-state index in [1.54, 1.807) is 13.8 Å². The first-order chi connectivity index (χ1) is 10.5. The minimum atomic E-state index is -0.997. The highest BCUT2D eigenvalue weighted by Gasteiger charge is 2.34. The first-order valence-corrected chi connectivity index (χ1v) is 7.94. The molecule has 1 aromatic carbocycles. The number of esters is 1. The maximum atomic E-state index is 12.0. The molecule has 1 rings (SSSR count). The number of carbonyl (C=O) groups is 2. The number of aldehydes is 1. The van der Waals surface area contributed by atoms with Crippen LogP contribution < -0.4 is 4.74 Å². The molecule has 4 heteroatoms. The largest absolute Gasteiger partial charge is 0.476 e. The summed E-state index contributed by atoms with van der Waals surface area (Å²) in [7, 11) is 0. The Morgan fingerprint density at radius 3 is 1.96 bits per heavy atom. The smallest absolute Gasteiger partial charge is 0.350 e. The van der Waals surface area contributed by atoms with Crippen LogP contribution in [0.4, 0.5) is 0 Å². The number of hydrogen-bond acceptors (Lipinski definition) is 4. The SMILES string of the molecule is CCCC=O.Cc1ccc(OC(C)(C)C(=O)OC(C)(C)C)cc1. The van der Waals surface area contributed by atoms with Gasteiger partial charge in [0.05, 0.1) is 0 Å². The van der Waals surface area contributed by atoms with Crippen LogP contribution in [0, 0.1) is 6.92 Å². The number of hydrogen-bond donors (Lipinski definition) is 0. The Balaban J connectivity index is 0.000000841. The zero-order valence-electron chi connectivity index (χ0n) is 15.4. The fraction of sp³-hybridized carbons (Fsp3) is 0.579. The molecule has 0 bridgehead atoms. The summed E-state index contributed by atoms with van der Waals surface area (Å²) >= 11 is 0. The molecular weight excluding hydrogens is 292 g/mol. The highest BCUT2D eigenvalue weighted by atomic mass is 16.6. The Hall–Kier alpha value is -1.84. The lowest BCUT2D eigenvalue weighted by Crippen LogP contribution is -2.43. The maximum absolute atomic E-state index is 12.0. The number of aryl methyl sites for hydroxylation is 1. The number of benzene rings is 1. The Kier molecular flexibility index (Phi) is 8.59. The summed E-state index contributed by atoms with van der Waals surface area (Å²) in [5, 5.41) is 0. The summed E-state index contributed by atoms with van der Waals surface area (Å²) < 4.78 is 11.0. The molecule has 0 aliphatic heterocycles. The van der Waals surface area contributed by atoms with Gasteiger partial charge in [-0.15, -0.1) is 0 Å². The highest BCUT2D eigenvalue weighted by molar-refractivity contribution is 5.79. The van der Waals surface area contributed by atoms with E-state index in [4.69, 9.17) is 9.47 Å². The number of rotatable bonds is 5. The minimum Gasteiger partial charge on any atom is -0.476 e. The molecule has 130 valence electrons. The van der Waals surface area contributed by atoms with Gasteiger partial charge in [0.25, 0.3) is 0 Å². The van der Waals surface area contributed by atoms with Crippen molar-refractivity contribution in [3.05, 3.63) is 29.8 Å². The molecule has 0 amide bonds. The van der Waals surface area contributed by atoms with Crippen molar-refractivity contribution in [1.82, 2.24) is 0 Å². The zero-order valence-corrected chi connectivity index (χ0v) is 15.4. The highest BCUT2D eigenvalue weighted by Crippen LogP contribution is 2.22. The van der Waals surface area contributed by atoms with Crippen molar-refractivity contribution in [2.45, 2.75) is 72.5 Å². The molecule has 0 fully saturated rings. The third-order valence-corrected chi connectivity index (χ3v) is 2.69. The molecule has 23 heavy (non-hydrogen) atoms. The van der Waals surface area contributed by atoms with Gasteiger partial charge in [-0.25, -0.2) is 4.79 Å². The topological polar surface area (TPSA) is 52.6 Å². The maximum Gasteiger partial charge on any atom is 0.350 e. The van der Waals surface area contributed by atoms with Gasteiger partial charge < -0.3 is 14.3 Å². The molecule has 0 aromatic heterocycles. The van der Waals surface area contributed by atoms with Gasteiger partial charge in [0.1, 0.15) is 17.6 Å². The Morgan fingerprint density at radius 2 is 1.61 bits per heavy atom. The first-order valence-electron chi connectivity index (χ1n) is 7.94. The summed E-state index contributed by atoms with van der Waals surface area (Å²) in [5.41, 5.74) is -0.356. The third-order valence-electron chi connectivity index (χ3n) is 2.69. The van der Waals surface area contributed by atoms with Crippen molar-refractivity contribution in [3.63, 3.8) is 0 Å². The Labute approximate surface area is 140 Å². The third kappa shape index (κ3) is 9.72. The molecule has 0 spiro atoms. The van der Waals surface area contributed by atoms with Gasteiger partial charge >= 0.3 is 5.97 Å². The second-order valence-electron chi connectivity index (χ2n) is 6.88. The average Bonchev–Trinajstić information content (AvgIpc) is 2.41. The first kappa shape index (κ1) is 21.2. The van der Waals surface area contributed by atoms with Gasteiger partial charge in [0, 0.05) is 6.42 Å². The fourth-order valence-corrected chi connectivity index (χ4v) is 1.46. The number of unbranched alkanes of at least 4 members (excludes halogenated alkanes) is 1. The van der Waals surface area contributed by atoms with Gasteiger partial charge in [-0.1, -0.05) is 24.6 Å². The fourth-order valence-electron chi connectivity index (χ4n) is 1.46. The van der Waals surface area contributed by atoms with Crippen LogP contribution >= 0.6 is 0 Å². The van der Waals surface area contributed by atoms with Crippen LogP contribution in [0.15, 0.2) is 24.3 Å². The molecule has 0 heterocycles. The van der Waals surface area contributed by atoms with E-state index >= 15 is 0 Å². The van der Waals surface area contributed by atoms with Crippen molar-refractivity contribution in [2.75, 3.05) is 0 Å². The van der Waals surface area contributed by atoms with Crippen molar-refractivity contribution < 1.29 is 19.1 Å². The van der Waals surface area contributed by atoms with Crippen LogP contribution in [-0.2, 0) is 14.3 Å². The second kappa shape index (κ2) is 9.33. The average molecular weight is 322 g/mol. The van der Waals surface area contributed by atoms with E-state index in [0.29, 0.717) is 12.2 Å². The van der Waals surface area contributed by atoms with E-state index in [-0.39, 0.29) is 5.97 Å². The predicted octanol–water partition coefficient (Wildman–Crippen LogP) is 4.48. The number of carbonyl (C=O) groups excluding carboxylic acids is 2. The van der Waals surface area contributed by atoms with Gasteiger partial charge in [-0.3, -0.25) is 0 Å². The van der Waals surface area contributed by atoms with Crippen molar-refractivity contribution >= 4 is 12.3 Å². The molecule has 0 N–H and O–H groups in total. The molecule has 4 nitrogen and oxygen atoms in total. The molecule has 0 radical (unpaired) electrons. The Bertz CT molecular complexity index is 481. The summed E-state index contributed by atoms with van der Waals surface area (Å²) in [6.45, 7) is 12.9. The molecule has 0 saturated carbocycles. The normalized spacial score (nSPS) is 11.1. The lowest BCUT2D eigenvalue weighted by molar-refractivity contribution is -0.170. The van der Waals surface area contributed by atoms with Crippen LogP contribution in [0.1, 0.15) is 59.9 Å². The van der Waals surface area contributed by atoms with Gasteiger partial charge in [-0.2, -0.15) is 0 Å². The number of ether oxygens (including phenoxy) is 2. The molecule has 0 unspecified atom stereocenters. The van der Waals surface area contributed by atoms with Gasteiger partial charge in [-0.05, 0) is 60.1 Å². The van der Waals surface area contributed by atoms with Crippen molar-refractivity contribution in [3.8, 4) is 5.75 Å². The van der Waals surface area contributed by atoms with Crippen molar-refractivity contribution in [2.24, 2.45) is 0 Å². The van der Waals surface area contributed by atoms with Crippen LogP contribution in [-0.4, -0.2) is 23.5 Å². The molecule has 1 aromatic rings. The molecule has 0 atom stereocenters. The molecule has 0 aliphatic rings. The Morgan fingerprint density at radius 1 is 1.09 bits per heavy atom. The summed E-state index contributed by atoms with van der Waals surface area (Å²) in [5.74, 6) is 0.298. The van der Waals surface area contributed by atoms with E-state index in [9.17, 15) is 9.59 Å². The molecular formula is C19H30O4. The molecule has 0 saturated heterocycles. The molecule has 0 aliphatic carbocycles. The second-order valence-corrected chi connectivity index (χ2v) is 6.88. The lowest BCUT2D eigenvalue weighted by Gasteiger charge is -2.29. The van der Waals surface area contributed by atoms with E-state index in [1.165, 1.54) is 0 Å². The standard InChI is InChI=1S/C15H22O3.C4H8O/c1-11-7-9-12(10-8-11)17-15(5,6)13(16)18-14(2,3)4;1-2-3-4-5/h7-10H,1-6H3;4H,2-3H2,1H3. The lowest BCUT2D eigenvalue weighted by atomic mass is 10.1. The van der Waals surface area contributed by atoms with Gasteiger partial charge in [0.15, 0.2) is 5.60 Å².